The summed E-state index contributed by atoms with van der Waals surface area (Å²) in [7, 11) is -2.46. The molecule has 0 amide bonds. The van der Waals surface area contributed by atoms with Crippen molar-refractivity contribution in [3.63, 3.8) is 0 Å². The van der Waals surface area contributed by atoms with Gasteiger partial charge in [-0.2, -0.15) is 12.1 Å². The van der Waals surface area contributed by atoms with Gasteiger partial charge in [-0.3, -0.25) is 0 Å². The van der Waals surface area contributed by atoms with Gasteiger partial charge < -0.3 is 24.8 Å². The van der Waals surface area contributed by atoms with Crippen molar-refractivity contribution < 1.29 is 61.3 Å². The van der Waals surface area contributed by atoms with Gasteiger partial charge in [0.05, 0.1) is 16.1 Å². The van der Waals surface area contributed by atoms with Crippen LogP contribution in [0.5, 0.6) is 0 Å². The summed E-state index contributed by atoms with van der Waals surface area (Å²) >= 11 is 1.29. The summed E-state index contributed by atoms with van der Waals surface area (Å²) in [5.74, 6) is 1.83. The van der Waals surface area contributed by atoms with Gasteiger partial charge in [0.15, 0.2) is 0 Å². The molecule has 0 spiro atoms. The smallest absolute Gasteiger partial charge is 0.0775 e. The molecule has 0 unspecified atom stereocenters. The van der Waals surface area contributed by atoms with Crippen LogP contribution in [0.1, 0.15) is 68.9 Å². The van der Waals surface area contributed by atoms with Crippen LogP contribution in [-0.4, -0.2) is 27.8 Å². The normalized spacial score (nSPS) is 14.8. The molecule has 2 aliphatic rings. The first-order valence-corrected chi connectivity index (χ1v) is 35.0. The van der Waals surface area contributed by atoms with Gasteiger partial charge in [0.2, 0.25) is 0 Å². The van der Waals surface area contributed by atoms with Crippen LogP contribution in [0.2, 0.25) is 51.9 Å². The predicted octanol–water partition coefficient (Wildman–Crippen LogP) is 9.12. The van der Waals surface area contributed by atoms with Crippen LogP contribution in [0.4, 0.5) is 13.2 Å². The first-order valence-electron chi connectivity index (χ1n) is 22.1. The van der Waals surface area contributed by atoms with Crippen molar-refractivity contribution in [2.75, 3.05) is 0 Å². The van der Waals surface area contributed by atoms with Crippen molar-refractivity contribution in [2.24, 2.45) is 11.8 Å². The van der Waals surface area contributed by atoms with E-state index in [0.717, 1.165) is 11.8 Å². The summed E-state index contributed by atoms with van der Waals surface area (Å²) in [5.41, 5.74) is 7.95. The second kappa shape index (κ2) is 22.8. The van der Waals surface area contributed by atoms with Gasteiger partial charge in [0.25, 0.3) is 0 Å². The molecule has 0 radical (unpaired) electrons. The number of fused-ring (bicyclic) bond motifs is 2. The van der Waals surface area contributed by atoms with Crippen LogP contribution in [0.25, 0.3) is 43.8 Å². The van der Waals surface area contributed by atoms with E-state index in [1.807, 2.05) is 6.55 Å². The Balaban J connectivity index is 0.000000219. The summed E-state index contributed by atoms with van der Waals surface area (Å²) in [6.45, 7) is 16.4. The zero-order valence-corrected chi connectivity index (χ0v) is 44.4. The standard InChI is InChI=1S/2C24H29Si.C4H7F3Si.2ClH.Zr/c2*1-25(2,3)22-13-11-20(12-14-22)23-10-6-9-21-16-19(17-24(21)23)15-18-7-4-5-8-18;1-8-3-2-4(5,6)7;;;/h2*6,9-14,16-18H,4-5,7-8,15H2,1-3H3;2-3H2,1H3;2*1H;/q2*-1;;;;+2/p-2. The van der Waals surface area contributed by atoms with Crippen molar-refractivity contribution in [1.82, 2.24) is 0 Å². The first kappa shape index (κ1) is 51.6. The fraction of sp³-hybridized carbons (Fsp3) is 0.423. The van der Waals surface area contributed by atoms with Crippen LogP contribution in [0.3, 0.4) is 0 Å². The minimum atomic E-state index is -3.93. The van der Waals surface area contributed by atoms with Gasteiger partial charge >= 0.3 is 67.1 Å². The van der Waals surface area contributed by atoms with Gasteiger partial charge in [-0.15, -0.1) is 69.1 Å². The minimum absolute atomic E-state index is 0. The SMILES string of the molecule is C[Si](=[Zr+2])CCC(F)(F)F.C[Si](C)(C)c1ccc(-c2cccc3[cH-]c(CC4CCCC4)cc23)cc1.C[Si](C)(C)c1ccc(-c2cccc3[cH-]c(CC4CCCC4)cc23)cc1.[Cl-].[Cl-]. The van der Waals surface area contributed by atoms with Crippen molar-refractivity contribution in [3.8, 4) is 22.3 Å². The minimum Gasteiger partial charge on any atom is -1.00 e. The van der Waals surface area contributed by atoms with Crippen LogP contribution < -0.4 is 35.2 Å². The molecule has 0 N–H and O–H groups in total. The van der Waals surface area contributed by atoms with E-state index < -0.39 is 34.2 Å². The Morgan fingerprint density at radius 3 is 1.25 bits per heavy atom. The van der Waals surface area contributed by atoms with E-state index in [1.165, 1.54) is 153 Å². The van der Waals surface area contributed by atoms with E-state index in [1.54, 1.807) is 0 Å². The maximum atomic E-state index is 11.4. The first-order chi connectivity index (χ1) is 27.9. The molecule has 0 bridgehead atoms. The number of rotatable bonds is 10. The molecule has 6 aromatic rings. The molecule has 0 heterocycles. The Morgan fingerprint density at radius 1 is 0.590 bits per heavy atom. The third-order valence-corrected chi connectivity index (χ3v) is 19.5. The van der Waals surface area contributed by atoms with E-state index >= 15 is 0 Å². The van der Waals surface area contributed by atoms with Crippen molar-refractivity contribution in [1.29, 1.82) is 0 Å². The topological polar surface area (TPSA) is 0 Å². The third kappa shape index (κ3) is 15.0. The summed E-state index contributed by atoms with van der Waals surface area (Å²) in [5, 5.41) is 8.73. The van der Waals surface area contributed by atoms with E-state index in [4.69, 9.17) is 0 Å². The van der Waals surface area contributed by atoms with Crippen molar-refractivity contribution in [3.05, 3.63) is 120 Å². The zero-order valence-electron chi connectivity index (χ0n) is 37.4. The summed E-state index contributed by atoms with van der Waals surface area (Å²) in [6.07, 6.45) is 9.44. The molecule has 8 rings (SSSR count). The van der Waals surface area contributed by atoms with Gasteiger partial charge in [0.1, 0.15) is 0 Å². The molecule has 2 fully saturated rings. The summed E-state index contributed by atoms with van der Waals surface area (Å²) < 4.78 is 34.3. The second-order valence-corrected chi connectivity index (χ2v) is 38.1. The van der Waals surface area contributed by atoms with E-state index in [0.29, 0.717) is 6.04 Å². The Hall–Kier alpha value is -2.00. The van der Waals surface area contributed by atoms with Crippen molar-refractivity contribution >= 4 is 53.5 Å². The third-order valence-electron chi connectivity index (χ3n) is 12.5. The van der Waals surface area contributed by atoms with Gasteiger partial charge in [-0.25, -0.2) is 0 Å². The molecule has 0 saturated heterocycles. The number of hydrogen-bond donors (Lipinski definition) is 0. The Labute approximate surface area is 394 Å². The second-order valence-electron chi connectivity index (χ2n) is 19.6. The molecule has 0 aliphatic heterocycles. The quantitative estimate of drug-likeness (QED) is 0.0950. The van der Waals surface area contributed by atoms with Crippen molar-refractivity contribution in [2.45, 2.75) is 129 Å². The van der Waals surface area contributed by atoms with Crippen LogP contribution >= 0.6 is 0 Å². The molecule has 0 nitrogen and oxygen atoms in total. The number of alkyl halides is 3. The molecule has 0 atom stereocenters. The zero-order chi connectivity index (χ0) is 42.4. The van der Waals surface area contributed by atoms with E-state index in [9.17, 15) is 13.2 Å². The van der Waals surface area contributed by atoms with E-state index in [-0.39, 0.29) is 24.8 Å². The number of halogens is 5. The van der Waals surface area contributed by atoms with Crippen LogP contribution in [-0.2, 0) is 36.2 Å². The van der Waals surface area contributed by atoms with Gasteiger partial charge in [-0.1, -0.05) is 173 Å². The average Bonchev–Trinajstić information content (AvgIpc) is 4.02. The molecule has 0 aromatic heterocycles. The molecule has 6 aromatic carbocycles. The Bertz CT molecular complexity index is 2130. The molecule has 2 aliphatic carbocycles. The predicted molar refractivity (Wildman–Crippen MR) is 254 cm³/mol. The number of benzene rings is 4. The largest absolute Gasteiger partial charge is 1.00 e. The maximum absolute atomic E-state index is 11.4. The van der Waals surface area contributed by atoms with Gasteiger partial charge in [-0.05, 0) is 35.8 Å². The van der Waals surface area contributed by atoms with Crippen LogP contribution in [0.15, 0.2) is 109 Å². The molecule has 9 heteroatoms. The molecule has 326 valence electrons. The molecular weight excluding hydrogens is 928 g/mol. The van der Waals surface area contributed by atoms with Gasteiger partial charge in [0, 0.05) is 0 Å². The maximum Gasteiger partial charge on any atom is 0.0775 e. The monoisotopic (exact) mass is 990 g/mol. The fourth-order valence-corrected chi connectivity index (χ4v) is 13.0. The fourth-order valence-electron chi connectivity index (χ4n) is 9.06. The Morgan fingerprint density at radius 2 is 0.951 bits per heavy atom. The molecular formula is C52H65Cl2F3Si3Zr-2. The average molecular weight is 993 g/mol. The molecule has 2 saturated carbocycles. The summed E-state index contributed by atoms with van der Waals surface area (Å²) in [6, 6.07) is 42.4. The Kier molecular flexibility index (Phi) is 19.3. The summed E-state index contributed by atoms with van der Waals surface area (Å²) in [4.78, 5) is 0. The van der Waals surface area contributed by atoms with E-state index in [2.05, 4.69) is 148 Å². The van der Waals surface area contributed by atoms with Crippen LogP contribution in [0, 0.1) is 11.8 Å². The molecule has 61 heavy (non-hydrogen) atoms. The number of hydrogen-bond acceptors (Lipinski definition) is 0.